The summed E-state index contributed by atoms with van der Waals surface area (Å²) in [5.74, 6) is 0.0772. The summed E-state index contributed by atoms with van der Waals surface area (Å²) < 4.78 is 14.9. The van der Waals surface area contributed by atoms with Crippen LogP contribution in [0.25, 0.3) is 0 Å². The molecule has 1 N–H and O–H groups in total. The standard InChI is InChI=1S/C13H13FN4/c1-17-5-4-11(16-17)8-18-7-9-2-3-10(14)6-12(9)13(18)15/h2-6,15H,7-8H2,1H3. The van der Waals surface area contributed by atoms with Gasteiger partial charge in [0.05, 0.1) is 12.2 Å². The average molecular weight is 244 g/mol. The molecule has 0 bridgehead atoms. The van der Waals surface area contributed by atoms with E-state index < -0.39 is 0 Å². The van der Waals surface area contributed by atoms with Crippen molar-refractivity contribution in [2.24, 2.45) is 7.05 Å². The molecular formula is C13H13FN4. The Hall–Kier alpha value is -2.17. The molecule has 18 heavy (non-hydrogen) atoms. The number of aromatic nitrogens is 2. The minimum atomic E-state index is -0.293. The lowest BCUT2D eigenvalue weighted by Crippen LogP contribution is -2.23. The van der Waals surface area contributed by atoms with E-state index in [9.17, 15) is 4.39 Å². The normalized spacial score (nSPS) is 14.1. The molecular weight excluding hydrogens is 231 g/mol. The first kappa shape index (κ1) is 11.0. The number of nitrogens with zero attached hydrogens (tertiary/aromatic N) is 3. The maximum Gasteiger partial charge on any atom is 0.129 e. The zero-order valence-corrected chi connectivity index (χ0v) is 10.0. The van der Waals surface area contributed by atoms with E-state index in [4.69, 9.17) is 5.41 Å². The summed E-state index contributed by atoms with van der Waals surface area (Å²) in [5, 5.41) is 12.4. The van der Waals surface area contributed by atoms with Gasteiger partial charge in [0.2, 0.25) is 0 Å². The zero-order chi connectivity index (χ0) is 12.7. The first-order valence-corrected chi connectivity index (χ1v) is 5.74. The molecule has 3 rings (SSSR count). The predicted molar refractivity (Wildman–Crippen MR) is 65.7 cm³/mol. The summed E-state index contributed by atoms with van der Waals surface area (Å²) in [7, 11) is 1.86. The van der Waals surface area contributed by atoms with Gasteiger partial charge in [-0.15, -0.1) is 0 Å². The molecule has 0 saturated heterocycles. The SMILES string of the molecule is Cn1ccc(CN2Cc3ccc(F)cc3C2=N)n1. The number of nitrogens with one attached hydrogen (secondary N) is 1. The second-order valence-corrected chi connectivity index (χ2v) is 4.49. The first-order chi connectivity index (χ1) is 8.63. The van der Waals surface area contributed by atoms with Gasteiger partial charge in [-0.1, -0.05) is 6.07 Å². The molecule has 1 aromatic heterocycles. The van der Waals surface area contributed by atoms with Gasteiger partial charge in [0, 0.05) is 25.4 Å². The molecule has 5 heteroatoms. The van der Waals surface area contributed by atoms with E-state index >= 15 is 0 Å². The summed E-state index contributed by atoms with van der Waals surface area (Å²) in [4.78, 5) is 1.90. The van der Waals surface area contributed by atoms with Crippen LogP contribution in [0.5, 0.6) is 0 Å². The van der Waals surface area contributed by atoms with E-state index in [1.165, 1.54) is 12.1 Å². The Kier molecular flexibility index (Phi) is 2.40. The summed E-state index contributed by atoms with van der Waals surface area (Å²) >= 11 is 0. The maximum atomic E-state index is 13.2. The molecule has 0 fully saturated rings. The van der Waals surface area contributed by atoms with Gasteiger partial charge in [-0.05, 0) is 23.8 Å². The van der Waals surface area contributed by atoms with E-state index in [2.05, 4.69) is 5.10 Å². The number of amidine groups is 1. The van der Waals surface area contributed by atoms with E-state index in [0.717, 1.165) is 11.3 Å². The van der Waals surface area contributed by atoms with Gasteiger partial charge < -0.3 is 4.90 Å². The second-order valence-electron chi connectivity index (χ2n) is 4.49. The van der Waals surface area contributed by atoms with Gasteiger partial charge in [-0.25, -0.2) is 4.39 Å². The molecule has 0 unspecified atom stereocenters. The number of rotatable bonds is 2. The fourth-order valence-electron chi connectivity index (χ4n) is 2.24. The zero-order valence-electron chi connectivity index (χ0n) is 10.0. The van der Waals surface area contributed by atoms with Crippen molar-refractivity contribution >= 4 is 5.84 Å². The van der Waals surface area contributed by atoms with Crippen LogP contribution in [-0.4, -0.2) is 20.5 Å². The van der Waals surface area contributed by atoms with Gasteiger partial charge in [-0.2, -0.15) is 5.10 Å². The van der Waals surface area contributed by atoms with Crippen molar-refractivity contribution in [2.45, 2.75) is 13.1 Å². The highest BCUT2D eigenvalue weighted by Crippen LogP contribution is 2.24. The van der Waals surface area contributed by atoms with E-state index in [0.29, 0.717) is 24.5 Å². The van der Waals surface area contributed by atoms with Crippen molar-refractivity contribution in [1.29, 1.82) is 5.41 Å². The molecule has 0 radical (unpaired) electrons. The van der Waals surface area contributed by atoms with Gasteiger partial charge in [0.1, 0.15) is 11.7 Å². The highest BCUT2D eigenvalue weighted by atomic mass is 19.1. The molecule has 4 nitrogen and oxygen atoms in total. The van der Waals surface area contributed by atoms with Crippen LogP contribution in [0, 0.1) is 11.2 Å². The van der Waals surface area contributed by atoms with Crippen LogP contribution in [0.3, 0.4) is 0 Å². The van der Waals surface area contributed by atoms with Crippen LogP contribution in [0.2, 0.25) is 0 Å². The fourth-order valence-corrected chi connectivity index (χ4v) is 2.24. The largest absolute Gasteiger partial charge is 0.346 e. The summed E-state index contributed by atoms with van der Waals surface area (Å²) in [6.07, 6.45) is 1.88. The number of aryl methyl sites for hydroxylation is 1. The Morgan fingerprint density at radius 2 is 2.22 bits per heavy atom. The Labute approximate surface area is 104 Å². The molecule has 0 amide bonds. The molecule has 92 valence electrons. The molecule has 1 aliphatic heterocycles. The monoisotopic (exact) mass is 244 g/mol. The van der Waals surface area contributed by atoms with Crippen LogP contribution in [0.1, 0.15) is 16.8 Å². The number of hydrogen-bond donors (Lipinski definition) is 1. The van der Waals surface area contributed by atoms with Crippen LogP contribution in [-0.2, 0) is 20.1 Å². The van der Waals surface area contributed by atoms with Gasteiger partial charge in [-0.3, -0.25) is 10.1 Å². The lowest BCUT2D eigenvalue weighted by atomic mass is 10.1. The summed E-state index contributed by atoms with van der Waals surface area (Å²) in [6, 6.07) is 6.54. The van der Waals surface area contributed by atoms with Crippen molar-refractivity contribution in [3.8, 4) is 0 Å². The first-order valence-electron chi connectivity index (χ1n) is 5.74. The minimum Gasteiger partial charge on any atom is -0.346 e. The van der Waals surface area contributed by atoms with Crippen LogP contribution in [0.4, 0.5) is 4.39 Å². The Balaban J connectivity index is 1.84. The fraction of sp³-hybridized carbons (Fsp3) is 0.231. The van der Waals surface area contributed by atoms with Gasteiger partial charge in [0.15, 0.2) is 0 Å². The lowest BCUT2D eigenvalue weighted by Gasteiger charge is -2.15. The third-order valence-corrected chi connectivity index (χ3v) is 3.13. The van der Waals surface area contributed by atoms with Crippen molar-refractivity contribution < 1.29 is 4.39 Å². The smallest absolute Gasteiger partial charge is 0.129 e. The van der Waals surface area contributed by atoms with Crippen LogP contribution >= 0.6 is 0 Å². The van der Waals surface area contributed by atoms with Gasteiger partial charge in [0.25, 0.3) is 0 Å². The third-order valence-electron chi connectivity index (χ3n) is 3.13. The lowest BCUT2D eigenvalue weighted by molar-refractivity contribution is 0.414. The summed E-state index contributed by atoms with van der Waals surface area (Å²) in [5.41, 5.74) is 2.60. The number of benzene rings is 1. The van der Waals surface area contributed by atoms with Crippen LogP contribution in [0.15, 0.2) is 30.5 Å². The molecule has 0 saturated carbocycles. The summed E-state index contributed by atoms with van der Waals surface area (Å²) in [6.45, 7) is 1.22. The topological polar surface area (TPSA) is 44.9 Å². The van der Waals surface area contributed by atoms with Crippen molar-refractivity contribution in [2.75, 3.05) is 0 Å². The quantitative estimate of drug-likeness (QED) is 0.877. The van der Waals surface area contributed by atoms with E-state index in [-0.39, 0.29) is 5.82 Å². The predicted octanol–water partition coefficient (Wildman–Crippen LogP) is 1.90. The minimum absolute atomic E-state index is 0.293. The molecule has 2 heterocycles. The molecule has 0 spiro atoms. The number of fused-ring (bicyclic) bond motifs is 1. The average Bonchev–Trinajstić information content (AvgIpc) is 2.86. The molecule has 1 aromatic carbocycles. The Morgan fingerprint density at radius 3 is 2.94 bits per heavy atom. The van der Waals surface area contributed by atoms with E-state index in [1.807, 2.05) is 24.2 Å². The Bertz CT molecular complexity index is 617. The molecule has 1 aliphatic rings. The Morgan fingerprint density at radius 1 is 1.39 bits per heavy atom. The van der Waals surface area contributed by atoms with Crippen molar-refractivity contribution in [1.82, 2.24) is 14.7 Å². The maximum absolute atomic E-state index is 13.2. The van der Waals surface area contributed by atoms with Crippen LogP contribution < -0.4 is 0 Å². The highest BCUT2D eigenvalue weighted by Gasteiger charge is 2.24. The highest BCUT2D eigenvalue weighted by molar-refractivity contribution is 6.00. The molecule has 0 aliphatic carbocycles. The molecule has 2 aromatic rings. The third kappa shape index (κ3) is 1.77. The van der Waals surface area contributed by atoms with E-state index in [1.54, 1.807) is 10.7 Å². The van der Waals surface area contributed by atoms with Crippen molar-refractivity contribution in [3.63, 3.8) is 0 Å². The number of hydrogen-bond acceptors (Lipinski definition) is 2. The van der Waals surface area contributed by atoms with Crippen molar-refractivity contribution in [3.05, 3.63) is 53.1 Å². The second kappa shape index (κ2) is 3.94. The van der Waals surface area contributed by atoms with Gasteiger partial charge >= 0.3 is 0 Å². The number of halogens is 1. The molecule has 0 atom stereocenters.